The van der Waals surface area contributed by atoms with Gasteiger partial charge in [-0.25, -0.2) is 4.79 Å². The number of halogens is 3. The fourth-order valence-corrected chi connectivity index (χ4v) is 3.73. The van der Waals surface area contributed by atoms with Gasteiger partial charge in [-0.1, -0.05) is 0 Å². The van der Waals surface area contributed by atoms with Crippen molar-refractivity contribution in [3.8, 4) is 0 Å². The van der Waals surface area contributed by atoms with E-state index < -0.39 is 12.1 Å². The third-order valence-corrected chi connectivity index (χ3v) is 5.28. The van der Waals surface area contributed by atoms with Gasteiger partial charge in [-0.3, -0.25) is 9.78 Å². The van der Waals surface area contributed by atoms with Crippen LogP contribution in [0.2, 0.25) is 0 Å². The number of amides is 1. The fraction of sp³-hybridized carbons (Fsp3) is 0.476. The number of alkyl halides is 3. The molecule has 1 amide bonds. The van der Waals surface area contributed by atoms with E-state index in [4.69, 9.17) is 23.8 Å². The molecule has 4 heterocycles. The number of carbonyl (C=O) groups is 2. The molecule has 32 heavy (non-hydrogen) atoms. The fourth-order valence-electron chi connectivity index (χ4n) is 3.73. The van der Waals surface area contributed by atoms with Crippen molar-refractivity contribution >= 4 is 11.9 Å². The third-order valence-electron chi connectivity index (χ3n) is 5.28. The maximum Gasteiger partial charge on any atom is 0.490 e. The van der Waals surface area contributed by atoms with Crippen LogP contribution in [0.15, 0.2) is 41.3 Å². The van der Waals surface area contributed by atoms with Crippen molar-refractivity contribution in [3.05, 3.63) is 53.7 Å². The van der Waals surface area contributed by atoms with Gasteiger partial charge in [-0.15, -0.1) is 0 Å². The van der Waals surface area contributed by atoms with Gasteiger partial charge in [-0.05, 0) is 43.5 Å². The molecular weight excluding hydrogens is 433 g/mol. The van der Waals surface area contributed by atoms with Crippen LogP contribution in [0.4, 0.5) is 13.2 Å². The minimum absolute atomic E-state index is 0.00163. The number of carboxylic acid groups (broad SMARTS) is 1. The SMILES string of the molecule is Cc1occc1C(=O)N1C[C@@H](OCc2ccncc2)[C@@H]2OCCC[C@@H]21.O=C(O)C(F)(F)F. The lowest BCUT2D eigenvalue weighted by atomic mass is 10.0. The molecule has 0 saturated carbocycles. The second kappa shape index (κ2) is 10.1. The number of aliphatic carboxylic acids is 1. The van der Waals surface area contributed by atoms with E-state index in [1.165, 1.54) is 0 Å². The van der Waals surface area contributed by atoms with Gasteiger partial charge in [0.25, 0.3) is 5.91 Å². The minimum Gasteiger partial charge on any atom is -0.475 e. The van der Waals surface area contributed by atoms with Crippen LogP contribution in [0, 0.1) is 6.92 Å². The van der Waals surface area contributed by atoms with E-state index in [9.17, 15) is 18.0 Å². The number of aryl methyl sites for hydroxylation is 1. The van der Waals surface area contributed by atoms with E-state index in [1.54, 1.807) is 24.7 Å². The highest BCUT2D eigenvalue weighted by atomic mass is 19.4. The van der Waals surface area contributed by atoms with Crippen LogP contribution in [0.1, 0.15) is 34.5 Å². The van der Waals surface area contributed by atoms with E-state index in [-0.39, 0.29) is 24.2 Å². The summed E-state index contributed by atoms with van der Waals surface area (Å²) in [5.74, 6) is -2.10. The van der Waals surface area contributed by atoms with Crippen LogP contribution in [-0.2, 0) is 20.9 Å². The molecule has 174 valence electrons. The number of furan rings is 1. The Bertz CT molecular complexity index is 918. The van der Waals surface area contributed by atoms with Crippen molar-refractivity contribution < 1.29 is 41.8 Å². The maximum atomic E-state index is 13.0. The average molecular weight is 456 g/mol. The number of carboxylic acids is 1. The molecule has 2 aliphatic heterocycles. The largest absolute Gasteiger partial charge is 0.490 e. The van der Waals surface area contributed by atoms with Crippen LogP contribution in [0.5, 0.6) is 0 Å². The predicted molar refractivity (Wildman–Crippen MR) is 104 cm³/mol. The summed E-state index contributed by atoms with van der Waals surface area (Å²) in [6.45, 7) is 3.58. The molecule has 11 heteroatoms. The molecule has 8 nitrogen and oxygen atoms in total. The number of hydrogen-bond acceptors (Lipinski definition) is 6. The monoisotopic (exact) mass is 456 g/mol. The number of likely N-dealkylation sites (tertiary alicyclic amines) is 1. The molecule has 1 N–H and O–H groups in total. The molecule has 0 bridgehead atoms. The summed E-state index contributed by atoms with van der Waals surface area (Å²) in [4.78, 5) is 27.8. The Kier molecular flexibility index (Phi) is 7.52. The molecule has 2 aromatic rings. The molecular formula is C21H23F3N2O6. The van der Waals surface area contributed by atoms with E-state index in [0.29, 0.717) is 24.5 Å². The third kappa shape index (κ3) is 5.65. The lowest BCUT2D eigenvalue weighted by molar-refractivity contribution is -0.192. The molecule has 0 aromatic carbocycles. The minimum atomic E-state index is -5.08. The topological polar surface area (TPSA) is 102 Å². The first kappa shape index (κ1) is 23.7. The molecule has 0 unspecified atom stereocenters. The van der Waals surface area contributed by atoms with E-state index in [0.717, 1.165) is 25.0 Å². The summed E-state index contributed by atoms with van der Waals surface area (Å²) < 4.78 is 49.1. The van der Waals surface area contributed by atoms with Crippen molar-refractivity contribution in [2.45, 2.75) is 50.8 Å². The Hall–Kier alpha value is -2.92. The molecule has 0 aliphatic carbocycles. The quantitative estimate of drug-likeness (QED) is 0.754. The summed E-state index contributed by atoms with van der Waals surface area (Å²) in [7, 11) is 0. The van der Waals surface area contributed by atoms with E-state index in [1.807, 2.05) is 24.0 Å². The average Bonchev–Trinajstić information content (AvgIpc) is 3.36. The summed E-state index contributed by atoms with van der Waals surface area (Å²) in [6.07, 6.45) is 1.72. The standard InChI is InChI=1S/C19H22N2O4.C2HF3O2/c1-13-15(6-10-23-13)19(22)21-11-17(18-16(21)3-2-9-24-18)25-12-14-4-7-20-8-5-14;3-2(4,5)1(6)7/h4-8,10,16-18H,2-3,9,11-12H2,1H3;(H,6,7)/t16-,17+,18+;/m0./s1. The van der Waals surface area contributed by atoms with Crippen molar-refractivity contribution in [3.63, 3.8) is 0 Å². The second-order valence-electron chi connectivity index (χ2n) is 7.40. The number of ether oxygens (including phenoxy) is 2. The molecule has 0 spiro atoms. The second-order valence-corrected chi connectivity index (χ2v) is 7.40. The van der Waals surface area contributed by atoms with Gasteiger partial charge in [0, 0.05) is 19.0 Å². The Morgan fingerprint density at radius 2 is 1.97 bits per heavy atom. The maximum absolute atomic E-state index is 13.0. The number of aromatic nitrogens is 1. The molecule has 2 aromatic heterocycles. The Balaban J connectivity index is 0.000000360. The molecule has 2 aliphatic rings. The zero-order valence-corrected chi connectivity index (χ0v) is 17.2. The lowest BCUT2D eigenvalue weighted by Gasteiger charge is -2.32. The van der Waals surface area contributed by atoms with E-state index in [2.05, 4.69) is 4.98 Å². The molecule has 4 rings (SSSR count). The normalized spacial score (nSPS) is 22.6. The van der Waals surface area contributed by atoms with Gasteiger partial charge in [-0.2, -0.15) is 13.2 Å². The summed E-state index contributed by atoms with van der Waals surface area (Å²) >= 11 is 0. The summed E-state index contributed by atoms with van der Waals surface area (Å²) in [5, 5.41) is 7.12. The van der Waals surface area contributed by atoms with Gasteiger partial charge in [0.15, 0.2) is 0 Å². The van der Waals surface area contributed by atoms with Gasteiger partial charge >= 0.3 is 12.1 Å². The van der Waals surface area contributed by atoms with E-state index >= 15 is 0 Å². The molecule has 2 fully saturated rings. The number of rotatable bonds is 4. The number of nitrogens with zero attached hydrogens (tertiary/aromatic N) is 2. The van der Waals surface area contributed by atoms with Gasteiger partial charge in [0.05, 0.1) is 31.0 Å². The Labute approximate surface area is 181 Å². The van der Waals surface area contributed by atoms with Gasteiger partial charge in [0.2, 0.25) is 0 Å². The number of pyridine rings is 1. The van der Waals surface area contributed by atoms with Crippen LogP contribution >= 0.6 is 0 Å². The van der Waals surface area contributed by atoms with Gasteiger partial charge < -0.3 is 23.9 Å². The lowest BCUT2D eigenvalue weighted by Crippen LogP contribution is -2.43. The van der Waals surface area contributed by atoms with Crippen molar-refractivity contribution in [1.29, 1.82) is 0 Å². The van der Waals surface area contributed by atoms with Crippen molar-refractivity contribution in [2.75, 3.05) is 13.2 Å². The summed E-state index contributed by atoms with van der Waals surface area (Å²) in [6, 6.07) is 5.68. The summed E-state index contributed by atoms with van der Waals surface area (Å²) in [5.41, 5.74) is 1.69. The van der Waals surface area contributed by atoms with Crippen molar-refractivity contribution in [2.24, 2.45) is 0 Å². The van der Waals surface area contributed by atoms with Gasteiger partial charge in [0.1, 0.15) is 18.0 Å². The zero-order valence-electron chi connectivity index (χ0n) is 17.2. The zero-order chi connectivity index (χ0) is 23.3. The Morgan fingerprint density at radius 1 is 1.28 bits per heavy atom. The highest BCUT2D eigenvalue weighted by molar-refractivity contribution is 5.95. The van der Waals surface area contributed by atoms with Crippen molar-refractivity contribution in [1.82, 2.24) is 9.88 Å². The van der Waals surface area contributed by atoms with Crippen LogP contribution in [-0.4, -0.2) is 64.4 Å². The number of hydrogen-bond donors (Lipinski definition) is 1. The first-order valence-electron chi connectivity index (χ1n) is 9.95. The molecule has 0 radical (unpaired) electrons. The van der Waals surface area contributed by atoms with Crippen LogP contribution in [0.25, 0.3) is 0 Å². The predicted octanol–water partition coefficient (Wildman–Crippen LogP) is 3.21. The molecule has 3 atom stereocenters. The smallest absolute Gasteiger partial charge is 0.475 e. The highest BCUT2D eigenvalue weighted by Gasteiger charge is 2.47. The first-order chi connectivity index (χ1) is 15.2. The van der Waals surface area contributed by atoms with Crippen LogP contribution in [0.3, 0.4) is 0 Å². The van der Waals surface area contributed by atoms with Crippen LogP contribution < -0.4 is 0 Å². The highest BCUT2D eigenvalue weighted by Crippen LogP contribution is 2.32. The Morgan fingerprint density at radius 3 is 2.56 bits per heavy atom. The molecule has 2 saturated heterocycles. The number of fused-ring (bicyclic) bond motifs is 1. The first-order valence-corrected chi connectivity index (χ1v) is 9.95. The number of carbonyl (C=O) groups excluding carboxylic acids is 1.